The SMILES string of the molecule is Cc1cc(F)ccc1CC(=O)C(C)C(N)c1ccccc1. The van der Waals surface area contributed by atoms with Gasteiger partial charge in [-0.2, -0.15) is 0 Å². The van der Waals surface area contributed by atoms with E-state index in [1.54, 1.807) is 6.07 Å². The number of carbonyl (C=O) groups is 1. The second kappa shape index (κ2) is 6.64. The summed E-state index contributed by atoms with van der Waals surface area (Å²) in [4.78, 5) is 12.4. The van der Waals surface area contributed by atoms with E-state index in [4.69, 9.17) is 5.73 Å². The monoisotopic (exact) mass is 285 g/mol. The largest absolute Gasteiger partial charge is 0.323 e. The molecule has 0 fully saturated rings. The normalized spacial score (nSPS) is 13.7. The van der Waals surface area contributed by atoms with Crippen LogP contribution in [-0.4, -0.2) is 5.78 Å². The Kier molecular flexibility index (Phi) is 4.86. The van der Waals surface area contributed by atoms with Gasteiger partial charge < -0.3 is 5.73 Å². The van der Waals surface area contributed by atoms with E-state index in [0.29, 0.717) is 0 Å². The van der Waals surface area contributed by atoms with Crippen LogP contribution in [0.15, 0.2) is 48.5 Å². The first-order valence-electron chi connectivity index (χ1n) is 7.07. The van der Waals surface area contributed by atoms with Gasteiger partial charge in [0.1, 0.15) is 11.6 Å². The van der Waals surface area contributed by atoms with E-state index in [9.17, 15) is 9.18 Å². The number of benzene rings is 2. The standard InChI is InChI=1S/C18H20FNO/c1-12-10-16(19)9-8-15(12)11-17(21)13(2)18(20)14-6-4-3-5-7-14/h3-10,13,18H,11,20H2,1-2H3. The molecule has 0 amide bonds. The Bertz CT molecular complexity index is 624. The van der Waals surface area contributed by atoms with Crippen LogP contribution in [0.3, 0.4) is 0 Å². The number of ketones is 1. The molecule has 3 heteroatoms. The van der Waals surface area contributed by atoms with Crippen molar-refractivity contribution in [2.24, 2.45) is 11.7 Å². The van der Waals surface area contributed by atoms with Gasteiger partial charge >= 0.3 is 0 Å². The van der Waals surface area contributed by atoms with Gasteiger partial charge in [0.15, 0.2) is 0 Å². The number of rotatable bonds is 5. The Morgan fingerprint density at radius 3 is 2.48 bits per heavy atom. The fraction of sp³-hybridized carbons (Fsp3) is 0.278. The average molecular weight is 285 g/mol. The van der Waals surface area contributed by atoms with Crippen molar-refractivity contribution in [3.63, 3.8) is 0 Å². The number of Topliss-reactive ketones (excluding diaryl/α,β-unsaturated/α-hetero) is 1. The second-order valence-corrected chi connectivity index (χ2v) is 5.44. The van der Waals surface area contributed by atoms with Crippen LogP contribution in [0.2, 0.25) is 0 Å². The highest BCUT2D eigenvalue weighted by atomic mass is 19.1. The van der Waals surface area contributed by atoms with E-state index in [1.165, 1.54) is 12.1 Å². The summed E-state index contributed by atoms with van der Waals surface area (Å²) in [7, 11) is 0. The molecule has 2 N–H and O–H groups in total. The summed E-state index contributed by atoms with van der Waals surface area (Å²) < 4.78 is 13.1. The number of aryl methyl sites for hydroxylation is 1. The molecule has 2 nitrogen and oxygen atoms in total. The van der Waals surface area contributed by atoms with Gasteiger partial charge in [-0.25, -0.2) is 4.39 Å². The Hall–Kier alpha value is -2.00. The van der Waals surface area contributed by atoms with E-state index in [1.807, 2.05) is 44.2 Å². The third kappa shape index (κ3) is 3.76. The summed E-state index contributed by atoms with van der Waals surface area (Å²) >= 11 is 0. The van der Waals surface area contributed by atoms with Crippen LogP contribution in [0.5, 0.6) is 0 Å². The summed E-state index contributed by atoms with van der Waals surface area (Å²) in [5.74, 6) is -0.490. The van der Waals surface area contributed by atoms with Gasteiger partial charge in [0.2, 0.25) is 0 Å². The highest BCUT2D eigenvalue weighted by Gasteiger charge is 2.22. The second-order valence-electron chi connectivity index (χ2n) is 5.44. The number of carbonyl (C=O) groups excluding carboxylic acids is 1. The van der Waals surface area contributed by atoms with Crippen molar-refractivity contribution in [1.82, 2.24) is 0 Å². The van der Waals surface area contributed by atoms with Gasteiger partial charge in [-0.05, 0) is 35.7 Å². The molecule has 0 aromatic heterocycles. The third-order valence-electron chi connectivity index (χ3n) is 3.90. The van der Waals surface area contributed by atoms with Crippen LogP contribution in [0.1, 0.15) is 29.7 Å². The predicted octanol–water partition coefficient (Wildman–Crippen LogP) is 3.58. The summed E-state index contributed by atoms with van der Waals surface area (Å²) in [5, 5.41) is 0. The zero-order valence-electron chi connectivity index (χ0n) is 12.3. The van der Waals surface area contributed by atoms with Crippen molar-refractivity contribution in [1.29, 1.82) is 0 Å². The highest BCUT2D eigenvalue weighted by Crippen LogP contribution is 2.22. The molecular formula is C18H20FNO. The third-order valence-corrected chi connectivity index (χ3v) is 3.90. The summed E-state index contributed by atoms with van der Waals surface area (Å²) in [5.41, 5.74) is 8.78. The number of hydrogen-bond donors (Lipinski definition) is 1. The molecule has 21 heavy (non-hydrogen) atoms. The first kappa shape index (κ1) is 15.4. The number of halogens is 1. The van der Waals surface area contributed by atoms with Crippen molar-refractivity contribution < 1.29 is 9.18 Å². The fourth-order valence-electron chi connectivity index (χ4n) is 2.37. The van der Waals surface area contributed by atoms with Crippen LogP contribution in [0, 0.1) is 18.7 Å². The lowest BCUT2D eigenvalue weighted by molar-refractivity contribution is -0.122. The van der Waals surface area contributed by atoms with Gasteiger partial charge in [-0.1, -0.05) is 43.3 Å². The van der Waals surface area contributed by atoms with Crippen molar-refractivity contribution in [3.05, 3.63) is 71.0 Å². The molecule has 0 saturated heterocycles. The molecule has 0 saturated carbocycles. The molecule has 2 atom stereocenters. The minimum atomic E-state index is -0.320. The Labute approximate surface area is 124 Å². The Morgan fingerprint density at radius 2 is 1.86 bits per heavy atom. The molecule has 2 aromatic carbocycles. The molecular weight excluding hydrogens is 265 g/mol. The first-order chi connectivity index (χ1) is 9.99. The van der Waals surface area contributed by atoms with Crippen LogP contribution in [0.4, 0.5) is 4.39 Å². The number of hydrogen-bond acceptors (Lipinski definition) is 2. The minimum absolute atomic E-state index is 0.0704. The van der Waals surface area contributed by atoms with Crippen molar-refractivity contribution in [2.45, 2.75) is 26.3 Å². The summed E-state index contributed by atoms with van der Waals surface area (Å²) in [6.45, 7) is 3.66. The van der Waals surface area contributed by atoms with E-state index in [2.05, 4.69) is 0 Å². The quantitative estimate of drug-likeness (QED) is 0.912. The number of nitrogens with two attached hydrogens (primary N) is 1. The van der Waals surface area contributed by atoms with Crippen molar-refractivity contribution in [3.8, 4) is 0 Å². The molecule has 2 rings (SSSR count). The molecule has 0 aliphatic rings. The van der Waals surface area contributed by atoms with Crippen molar-refractivity contribution in [2.75, 3.05) is 0 Å². The minimum Gasteiger partial charge on any atom is -0.323 e. The maximum atomic E-state index is 13.1. The lowest BCUT2D eigenvalue weighted by atomic mass is 9.88. The molecule has 0 radical (unpaired) electrons. The van der Waals surface area contributed by atoms with Gasteiger partial charge in [0.25, 0.3) is 0 Å². The Balaban J connectivity index is 2.09. The molecule has 0 heterocycles. The van der Waals surface area contributed by atoms with Gasteiger partial charge in [-0.3, -0.25) is 4.79 Å². The topological polar surface area (TPSA) is 43.1 Å². The van der Waals surface area contributed by atoms with Crippen LogP contribution < -0.4 is 5.73 Å². The maximum absolute atomic E-state index is 13.1. The Morgan fingerprint density at radius 1 is 1.19 bits per heavy atom. The van der Waals surface area contributed by atoms with E-state index in [-0.39, 0.29) is 30.0 Å². The maximum Gasteiger partial charge on any atom is 0.141 e. The fourth-order valence-corrected chi connectivity index (χ4v) is 2.37. The molecule has 2 unspecified atom stereocenters. The van der Waals surface area contributed by atoms with Crippen LogP contribution in [-0.2, 0) is 11.2 Å². The van der Waals surface area contributed by atoms with Crippen LogP contribution >= 0.6 is 0 Å². The molecule has 0 bridgehead atoms. The predicted molar refractivity (Wildman–Crippen MR) is 82.4 cm³/mol. The van der Waals surface area contributed by atoms with Gasteiger partial charge in [0, 0.05) is 18.4 Å². The first-order valence-corrected chi connectivity index (χ1v) is 7.07. The summed E-state index contributed by atoms with van der Waals surface area (Å²) in [6, 6.07) is 13.8. The van der Waals surface area contributed by atoms with E-state index in [0.717, 1.165) is 16.7 Å². The molecule has 0 aliphatic heterocycles. The molecule has 110 valence electrons. The van der Waals surface area contributed by atoms with E-state index >= 15 is 0 Å². The zero-order chi connectivity index (χ0) is 15.4. The average Bonchev–Trinajstić information content (AvgIpc) is 2.49. The highest BCUT2D eigenvalue weighted by molar-refractivity contribution is 5.84. The van der Waals surface area contributed by atoms with Crippen molar-refractivity contribution >= 4 is 5.78 Å². The molecule has 2 aromatic rings. The zero-order valence-corrected chi connectivity index (χ0v) is 12.3. The van der Waals surface area contributed by atoms with Gasteiger partial charge in [0.05, 0.1) is 0 Å². The molecule has 0 aliphatic carbocycles. The lowest BCUT2D eigenvalue weighted by Crippen LogP contribution is -2.27. The summed E-state index contributed by atoms with van der Waals surface area (Å²) in [6.07, 6.45) is 0.286. The van der Waals surface area contributed by atoms with Crippen LogP contribution in [0.25, 0.3) is 0 Å². The lowest BCUT2D eigenvalue weighted by Gasteiger charge is -2.19. The molecule has 0 spiro atoms. The van der Waals surface area contributed by atoms with E-state index < -0.39 is 0 Å². The van der Waals surface area contributed by atoms with Gasteiger partial charge in [-0.15, -0.1) is 0 Å². The smallest absolute Gasteiger partial charge is 0.141 e.